The van der Waals surface area contributed by atoms with E-state index in [2.05, 4.69) is 10.1 Å². The smallest absolute Gasteiger partial charge is 0.320 e. The quantitative estimate of drug-likeness (QED) is 0.450. The van der Waals surface area contributed by atoms with Gasteiger partial charge in [-0.3, -0.25) is 9.59 Å². The zero-order valence-corrected chi connectivity index (χ0v) is 13.6. The fourth-order valence-corrected chi connectivity index (χ4v) is 1.95. The molecule has 20 heavy (non-hydrogen) atoms. The molecule has 0 heterocycles. The Morgan fingerprint density at radius 3 is 2.50 bits per heavy atom. The Kier molecular flexibility index (Phi) is 6.56. The van der Waals surface area contributed by atoms with Gasteiger partial charge in [0, 0.05) is 12.6 Å². The zero-order chi connectivity index (χ0) is 15.1. The Balaban J connectivity index is 2.75. The highest BCUT2D eigenvalue weighted by molar-refractivity contribution is 14.1. The molecule has 0 aliphatic carbocycles. The summed E-state index contributed by atoms with van der Waals surface area (Å²) in [5.74, 6) is 0.298. The van der Waals surface area contributed by atoms with Crippen LogP contribution in [0.3, 0.4) is 0 Å². The summed E-state index contributed by atoms with van der Waals surface area (Å²) in [6.07, 6.45) is 0. The molecule has 0 radical (unpaired) electrons. The summed E-state index contributed by atoms with van der Waals surface area (Å²) in [4.78, 5) is 23.3. The number of halogens is 1. The Bertz CT molecular complexity index is 492. The Labute approximate surface area is 130 Å². The predicted molar refractivity (Wildman–Crippen MR) is 81.7 cm³/mol. The highest BCUT2D eigenvalue weighted by atomic mass is 127. The van der Waals surface area contributed by atoms with Gasteiger partial charge in [0.05, 0.1) is 26.9 Å². The van der Waals surface area contributed by atoms with Crippen molar-refractivity contribution in [3.63, 3.8) is 0 Å². The van der Waals surface area contributed by atoms with Gasteiger partial charge in [-0.1, -0.05) is 22.6 Å². The van der Waals surface area contributed by atoms with E-state index in [1.165, 1.54) is 21.3 Å². The molecular weight excluding hydrogens is 377 g/mol. The van der Waals surface area contributed by atoms with Crippen molar-refractivity contribution >= 4 is 34.5 Å². The zero-order valence-electron chi connectivity index (χ0n) is 11.4. The molecule has 6 nitrogen and oxygen atoms in total. The van der Waals surface area contributed by atoms with E-state index in [0.717, 1.165) is 0 Å². The van der Waals surface area contributed by atoms with Gasteiger partial charge in [0.25, 0.3) is 5.91 Å². The first-order valence-electron chi connectivity index (χ1n) is 5.75. The molecule has 0 spiro atoms. The molecule has 0 aliphatic heterocycles. The number of hydrogen-bond donors (Lipinski definition) is 1. The lowest BCUT2D eigenvalue weighted by atomic mass is 10.1. The Hall–Kier alpha value is -1.51. The van der Waals surface area contributed by atoms with Crippen LogP contribution in [0.4, 0.5) is 0 Å². The predicted octanol–water partition coefficient (Wildman–Crippen LogP) is 1.41. The molecule has 1 rings (SSSR count). The summed E-state index contributed by atoms with van der Waals surface area (Å²) in [6.45, 7) is 0.182. The van der Waals surface area contributed by atoms with E-state index >= 15 is 0 Å². The number of alkyl halides is 1. The van der Waals surface area contributed by atoms with Gasteiger partial charge in [-0.15, -0.1) is 0 Å². The molecule has 1 atom stereocenters. The van der Waals surface area contributed by atoms with Crippen LogP contribution in [0, 0.1) is 0 Å². The highest BCUT2D eigenvalue weighted by Crippen LogP contribution is 2.24. The summed E-state index contributed by atoms with van der Waals surface area (Å²) < 4.78 is 14.4. The maximum Gasteiger partial charge on any atom is 0.320 e. The molecule has 0 saturated heterocycles. The maximum absolute atomic E-state index is 12.1. The van der Waals surface area contributed by atoms with Crippen molar-refractivity contribution in [1.29, 1.82) is 0 Å². The van der Waals surface area contributed by atoms with Crippen LogP contribution in [-0.4, -0.2) is 43.7 Å². The SMILES string of the molecule is COC(=O)C(I)CNC(=O)c1ccc(OC)cc1OC. The molecule has 1 aromatic rings. The number of esters is 1. The van der Waals surface area contributed by atoms with Crippen molar-refractivity contribution in [3.8, 4) is 11.5 Å². The second-order valence-electron chi connectivity index (χ2n) is 3.77. The van der Waals surface area contributed by atoms with Crippen molar-refractivity contribution in [2.45, 2.75) is 3.92 Å². The number of nitrogens with one attached hydrogen (secondary N) is 1. The highest BCUT2D eigenvalue weighted by Gasteiger charge is 2.18. The molecule has 1 N–H and O–H groups in total. The summed E-state index contributed by atoms with van der Waals surface area (Å²) in [7, 11) is 4.31. The van der Waals surface area contributed by atoms with Crippen LogP contribution in [0.1, 0.15) is 10.4 Å². The molecule has 7 heteroatoms. The topological polar surface area (TPSA) is 73.9 Å². The van der Waals surface area contributed by atoms with Gasteiger partial charge < -0.3 is 19.5 Å². The molecular formula is C13H16INO5. The molecule has 0 aliphatic rings. The lowest BCUT2D eigenvalue weighted by Crippen LogP contribution is -2.34. The monoisotopic (exact) mass is 393 g/mol. The number of carbonyl (C=O) groups is 2. The van der Waals surface area contributed by atoms with Crippen LogP contribution in [0.25, 0.3) is 0 Å². The van der Waals surface area contributed by atoms with E-state index in [-0.39, 0.29) is 18.4 Å². The van der Waals surface area contributed by atoms with E-state index < -0.39 is 3.92 Å². The molecule has 0 aromatic heterocycles. The number of rotatable bonds is 6. The third-order valence-corrected chi connectivity index (χ3v) is 3.50. The van der Waals surface area contributed by atoms with Crippen molar-refractivity contribution in [2.75, 3.05) is 27.9 Å². The average Bonchev–Trinajstić information content (AvgIpc) is 2.50. The summed E-state index contributed by atoms with van der Waals surface area (Å²) >= 11 is 1.91. The fourth-order valence-electron chi connectivity index (χ4n) is 1.47. The first-order chi connectivity index (χ1) is 9.53. The Morgan fingerprint density at radius 2 is 1.95 bits per heavy atom. The van der Waals surface area contributed by atoms with Gasteiger partial charge in [-0.25, -0.2) is 0 Å². The molecule has 0 saturated carbocycles. The van der Waals surface area contributed by atoms with Gasteiger partial charge in [0.15, 0.2) is 0 Å². The Morgan fingerprint density at radius 1 is 1.25 bits per heavy atom. The van der Waals surface area contributed by atoms with Crippen LogP contribution in [0.5, 0.6) is 11.5 Å². The van der Waals surface area contributed by atoms with Crippen molar-refractivity contribution in [3.05, 3.63) is 23.8 Å². The summed E-state index contributed by atoms with van der Waals surface area (Å²) in [6, 6.07) is 4.89. The molecule has 0 fully saturated rings. The third-order valence-electron chi connectivity index (χ3n) is 2.55. The number of carbonyl (C=O) groups excluding carboxylic acids is 2. The maximum atomic E-state index is 12.1. The van der Waals surface area contributed by atoms with Gasteiger partial charge in [-0.2, -0.15) is 0 Å². The number of methoxy groups -OCH3 is 3. The van der Waals surface area contributed by atoms with Crippen LogP contribution in [0.2, 0.25) is 0 Å². The van der Waals surface area contributed by atoms with Crippen molar-refractivity contribution in [1.82, 2.24) is 5.32 Å². The second kappa shape index (κ2) is 7.93. The lowest BCUT2D eigenvalue weighted by Gasteiger charge is -2.12. The first-order valence-corrected chi connectivity index (χ1v) is 7.00. The van der Waals surface area contributed by atoms with Crippen LogP contribution in [-0.2, 0) is 9.53 Å². The summed E-state index contributed by atoms with van der Waals surface area (Å²) in [5.41, 5.74) is 0.377. The van der Waals surface area contributed by atoms with E-state index in [1.54, 1.807) is 18.2 Å². The van der Waals surface area contributed by atoms with Gasteiger partial charge >= 0.3 is 5.97 Å². The van der Waals surface area contributed by atoms with Crippen molar-refractivity contribution in [2.24, 2.45) is 0 Å². The van der Waals surface area contributed by atoms with Crippen LogP contribution < -0.4 is 14.8 Å². The minimum absolute atomic E-state index is 0.182. The first kappa shape index (κ1) is 16.5. The van der Waals surface area contributed by atoms with Crippen LogP contribution in [0.15, 0.2) is 18.2 Å². The standard InChI is InChI=1S/C13H16INO5/c1-18-8-4-5-9(11(6-8)19-2)12(16)15-7-10(14)13(17)20-3/h4-6,10H,7H2,1-3H3,(H,15,16). The number of benzene rings is 1. The molecule has 0 bridgehead atoms. The van der Waals surface area contributed by atoms with Gasteiger partial charge in [0.1, 0.15) is 15.4 Å². The minimum Gasteiger partial charge on any atom is -0.497 e. The third kappa shape index (κ3) is 4.26. The normalized spacial score (nSPS) is 11.4. The van der Waals surface area contributed by atoms with Crippen LogP contribution >= 0.6 is 22.6 Å². The molecule has 1 unspecified atom stereocenters. The number of amides is 1. The fraction of sp³-hybridized carbons (Fsp3) is 0.385. The summed E-state index contributed by atoms with van der Waals surface area (Å²) in [5, 5.41) is 2.66. The molecule has 110 valence electrons. The second-order valence-corrected chi connectivity index (χ2v) is 5.27. The van der Waals surface area contributed by atoms with E-state index in [9.17, 15) is 9.59 Å². The number of ether oxygens (including phenoxy) is 3. The van der Waals surface area contributed by atoms with E-state index in [1.807, 2.05) is 22.6 Å². The number of hydrogen-bond acceptors (Lipinski definition) is 5. The average molecular weight is 393 g/mol. The van der Waals surface area contributed by atoms with Gasteiger partial charge in [0.2, 0.25) is 0 Å². The van der Waals surface area contributed by atoms with E-state index in [0.29, 0.717) is 17.1 Å². The van der Waals surface area contributed by atoms with Crippen molar-refractivity contribution < 1.29 is 23.8 Å². The van der Waals surface area contributed by atoms with Gasteiger partial charge in [-0.05, 0) is 12.1 Å². The molecule has 1 amide bonds. The molecule has 1 aromatic carbocycles. The van der Waals surface area contributed by atoms with E-state index in [4.69, 9.17) is 9.47 Å². The lowest BCUT2D eigenvalue weighted by molar-refractivity contribution is -0.139. The largest absolute Gasteiger partial charge is 0.497 e. The minimum atomic E-state index is -0.439.